The minimum Gasteiger partial charge on any atom is -0.494 e. The zero-order valence-electron chi connectivity index (χ0n) is 12.6. The van der Waals surface area contributed by atoms with Gasteiger partial charge in [0.1, 0.15) is 5.75 Å². The van der Waals surface area contributed by atoms with Crippen molar-refractivity contribution in [3.63, 3.8) is 0 Å². The minimum absolute atomic E-state index is 0. The van der Waals surface area contributed by atoms with Crippen LogP contribution in [0.5, 0.6) is 5.75 Å². The maximum Gasteiger partial charge on any atom is 0.304 e. The molecule has 0 amide bonds. The molecule has 0 spiro atoms. The molecule has 0 saturated heterocycles. The average molecular weight is 316 g/mol. The van der Waals surface area contributed by atoms with E-state index in [2.05, 4.69) is 24.4 Å². The van der Waals surface area contributed by atoms with E-state index in [9.17, 15) is 4.79 Å². The molecule has 0 aliphatic heterocycles. The van der Waals surface area contributed by atoms with Crippen LogP contribution >= 0.6 is 12.4 Å². The lowest BCUT2D eigenvalue weighted by atomic mass is 10.1. The van der Waals surface area contributed by atoms with Gasteiger partial charge in [-0.05, 0) is 43.5 Å². The quantitative estimate of drug-likeness (QED) is 0.615. The van der Waals surface area contributed by atoms with E-state index >= 15 is 0 Å². The standard InChI is InChI=1S/C16H25NO3.ClH/c1-2-3-13-20-15-8-6-14(7-9-15)5-4-11-17-12-10-16(18)19;/h6-9,17H,2-5,10-13H2,1H3,(H,18,19);1H. The maximum atomic E-state index is 10.3. The molecule has 0 fully saturated rings. The van der Waals surface area contributed by atoms with E-state index in [4.69, 9.17) is 9.84 Å². The molecule has 0 atom stereocenters. The second-order valence-electron chi connectivity index (χ2n) is 4.84. The van der Waals surface area contributed by atoms with Crippen LogP contribution in [0.4, 0.5) is 0 Å². The van der Waals surface area contributed by atoms with Gasteiger partial charge in [-0.3, -0.25) is 4.79 Å². The molecule has 0 aromatic heterocycles. The summed E-state index contributed by atoms with van der Waals surface area (Å²) in [6.07, 6.45) is 4.42. The molecule has 120 valence electrons. The van der Waals surface area contributed by atoms with Crippen molar-refractivity contribution in [3.8, 4) is 5.75 Å². The Labute approximate surface area is 133 Å². The van der Waals surface area contributed by atoms with Crippen molar-refractivity contribution in [2.45, 2.75) is 39.0 Å². The van der Waals surface area contributed by atoms with Gasteiger partial charge in [0.15, 0.2) is 0 Å². The molecule has 0 saturated carbocycles. The number of rotatable bonds is 11. The summed E-state index contributed by atoms with van der Waals surface area (Å²) >= 11 is 0. The number of carboxylic acids is 1. The van der Waals surface area contributed by atoms with E-state index < -0.39 is 5.97 Å². The van der Waals surface area contributed by atoms with E-state index in [1.54, 1.807) is 0 Å². The fourth-order valence-corrected chi connectivity index (χ4v) is 1.82. The van der Waals surface area contributed by atoms with Crippen LogP contribution in [0, 0.1) is 0 Å². The lowest BCUT2D eigenvalue weighted by Gasteiger charge is -2.07. The van der Waals surface area contributed by atoms with Crippen LogP contribution in [0.1, 0.15) is 38.2 Å². The Kier molecular flexibility index (Phi) is 11.7. The number of aliphatic carboxylic acids is 1. The molecule has 4 nitrogen and oxygen atoms in total. The van der Waals surface area contributed by atoms with Crippen LogP contribution in [0.25, 0.3) is 0 Å². The number of benzene rings is 1. The number of unbranched alkanes of at least 4 members (excludes halogenated alkanes) is 1. The Bertz CT molecular complexity index is 382. The summed E-state index contributed by atoms with van der Waals surface area (Å²) in [5.41, 5.74) is 1.29. The Balaban J connectivity index is 0.00000400. The average Bonchev–Trinajstić information content (AvgIpc) is 2.44. The zero-order valence-corrected chi connectivity index (χ0v) is 13.5. The molecule has 5 heteroatoms. The zero-order chi connectivity index (χ0) is 14.6. The molecule has 0 unspecified atom stereocenters. The highest BCUT2D eigenvalue weighted by atomic mass is 35.5. The summed E-state index contributed by atoms with van der Waals surface area (Å²) in [6, 6.07) is 8.22. The van der Waals surface area contributed by atoms with Gasteiger partial charge in [-0.2, -0.15) is 0 Å². The van der Waals surface area contributed by atoms with Gasteiger partial charge >= 0.3 is 5.97 Å². The predicted molar refractivity (Wildman–Crippen MR) is 87.5 cm³/mol. The summed E-state index contributed by atoms with van der Waals surface area (Å²) in [5.74, 6) is 0.179. The molecule has 1 aromatic rings. The van der Waals surface area contributed by atoms with Gasteiger partial charge < -0.3 is 15.2 Å². The maximum absolute atomic E-state index is 10.3. The molecule has 1 aromatic carbocycles. The molecule has 0 aliphatic rings. The van der Waals surface area contributed by atoms with Crippen molar-refractivity contribution in [2.75, 3.05) is 19.7 Å². The Morgan fingerprint density at radius 2 is 1.90 bits per heavy atom. The first-order chi connectivity index (χ1) is 9.72. The molecule has 1 rings (SSSR count). The van der Waals surface area contributed by atoms with Crippen molar-refractivity contribution in [2.24, 2.45) is 0 Å². The Morgan fingerprint density at radius 1 is 1.19 bits per heavy atom. The summed E-state index contributed by atoms with van der Waals surface area (Å²) < 4.78 is 5.61. The van der Waals surface area contributed by atoms with E-state index in [1.165, 1.54) is 5.56 Å². The van der Waals surface area contributed by atoms with E-state index in [0.717, 1.165) is 44.6 Å². The van der Waals surface area contributed by atoms with Gasteiger partial charge in [0, 0.05) is 6.54 Å². The van der Waals surface area contributed by atoms with Crippen LogP contribution in [-0.2, 0) is 11.2 Å². The molecule has 21 heavy (non-hydrogen) atoms. The fraction of sp³-hybridized carbons (Fsp3) is 0.562. The second-order valence-corrected chi connectivity index (χ2v) is 4.84. The number of carboxylic acid groups (broad SMARTS) is 1. The number of ether oxygens (including phenoxy) is 1. The highest BCUT2D eigenvalue weighted by Crippen LogP contribution is 2.13. The normalized spacial score (nSPS) is 9.95. The first-order valence-corrected chi connectivity index (χ1v) is 7.36. The highest BCUT2D eigenvalue weighted by Gasteiger charge is 1.98. The molecular formula is C16H26ClNO3. The van der Waals surface area contributed by atoms with Crippen LogP contribution < -0.4 is 10.1 Å². The Hall–Kier alpha value is -1.26. The number of hydrogen-bond donors (Lipinski definition) is 2. The third-order valence-electron chi connectivity index (χ3n) is 3.02. The van der Waals surface area contributed by atoms with E-state index in [1.807, 2.05) is 12.1 Å². The topological polar surface area (TPSA) is 58.6 Å². The summed E-state index contributed by atoms with van der Waals surface area (Å²) in [5, 5.41) is 11.6. The molecule has 0 radical (unpaired) electrons. The number of halogens is 1. The fourth-order valence-electron chi connectivity index (χ4n) is 1.82. The molecule has 0 bridgehead atoms. The number of nitrogens with one attached hydrogen (secondary N) is 1. The minimum atomic E-state index is -0.754. The molecule has 0 heterocycles. The Morgan fingerprint density at radius 3 is 2.52 bits per heavy atom. The van der Waals surface area contributed by atoms with Crippen LogP contribution in [-0.4, -0.2) is 30.8 Å². The van der Waals surface area contributed by atoms with Crippen molar-refractivity contribution in [1.29, 1.82) is 0 Å². The van der Waals surface area contributed by atoms with Crippen molar-refractivity contribution in [1.82, 2.24) is 5.32 Å². The number of carbonyl (C=O) groups is 1. The third-order valence-corrected chi connectivity index (χ3v) is 3.02. The number of aryl methyl sites for hydroxylation is 1. The van der Waals surface area contributed by atoms with E-state index in [-0.39, 0.29) is 18.8 Å². The van der Waals surface area contributed by atoms with Crippen LogP contribution in [0.3, 0.4) is 0 Å². The van der Waals surface area contributed by atoms with Crippen LogP contribution in [0.2, 0.25) is 0 Å². The molecule has 0 aliphatic carbocycles. The second kappa shape index (κ2) is 12.5. The van der Waals surface area contributed by atoms with Crippen molar-refractivity contribution in [3.05, 3.63) is 29.8 Å². The largest absolute Gasteiger partial charge is 0.494 e. The highest BCUT2D eigenvalue weighted by molar-refractivity contribution is 5.85. The van der Waals surface area contributed by atoms with Gasteiger partial charge in [0.2, 0.25) is 0 Å². The van der Waals surface area contributed by atoms with Gasteiger partial charge in [0.05, 0.1) is 13.0 Å². The molecule has 2 N–H and O–H groups in total. The summed E-state index contributed by atoms with van der Waals surface area (Å²) in [6.45, 7) is 4.32. The van der Waals surface area contributed by atoms with Gasteiger partial charge in [-0.15, -0.1) is 12.4 Å². The lowest BCUT2D eigenvalue weighted by Crippen LogP contribution is -2.19. The van der Waals surface area contributed by atoms with Crippen molar-refractivity contribution < 1.29 is 14.6 Å². The van der Waals surface area contributed by atoms with Gasteiger partial charge in [0.25, 0.3) is 0 Å². The SMILES string of the molecule is CCCCOc1ccc(CCCNCCC(=O)O)cc1.Cl. The van der Waals surface area contributed by atoms with Crippen molar-refractivity contribution >= 4 is 18.4 Å². The predicted octanol–water partition coefficient (Wildman–Crippen LogP) is 3.28. The summed E-state index contributed by atoms with van der Waals surface area (Å²) in [4.78, 5) is 10.3. The van der Waals surface area contributed by atoms with Gasteiger partial charge in [-0.25, -0.2) is 0 Å². The smallest absolute Gasteiger partial charge is 0.304 e. The summed E-state index contributed by atoms with van der Waals surface area (Å²) in [7, 11) is 0. The van der Waals surface area contributed by atoms with Crippen LogP contribution in [0.15, 0.2) is 24.3 Å². The molecular weight excluding hydrogens is 290 g/mol. The third kappa shape index (κ3) is 10.2. The lowest BCUT2D eigenvalue weighted by molar-refractivity contribution is -0.136. The first kappa shape index (κ1) is 19.7. The first-order valence-electron chi connectivity index (χ1n) is 7.36. The van der Waals surface area contributed by atoms with E-state index in [0.29, 0.717) is 6.54 Å². The monoisotopic (exact) mass is 315 g/mol. The van der Waals surface area contributed by atoms with Gasteiger partial charge in [-0.1, -0.05) is 25.5 Å². The number of hydrogen-bond acceptors (Lipinski definition) is 3.